The van der Waals surface area contributed by atoms with Crippen molar-refractivity contribution in [3.05, 3.63) is 35.9 Å². The van der Waals surface area contributed by atoms with Crippen molar-refractivity contribution in [1.29, 1.82) is 0 Å². The first-order valence-corrected chi connectivity index (χ1v) is 8.61. The third kappa shape index (κ3) is 8.60. The van der Waals surface area contributed by atoms with Crippen molar-refractivity contribution in [1.82, 2.24) is 0 Å². The summed E-state index contributed by atoms with van der Waals surface area (Å²) in [5.74, 6) is 0.737. The van der Waals surface area contributed by atoms with Gasteiger partial charge in [0.05, 0.1) is 12.7 Å². The quantitative estimate of drug-likeness (QED) is 0.342. The highest BCUT2D eigenvalue weighted by molar-refractivity contribution is 6.17. The Morgan fingerprint density at radius 3 is 2.35 bits per heavy atom. The molecule has 20 heavy (non-hydrogen) atoms. The van der Waals surface area contributed by atoms with E-state index in [9.17, 15) is 0 Å². The molecule has 114 valence electrons. The van der Waals surface area contributed by atoms with E-state index in [4.69, 9.17) is 16.3 Å². The number of hydrogen-bond donors (Lipinski definition) is 0. The minimum absolute atomic E-state index is 0.371. The number of unbranched alkanes of at least 4 members (excludes halogenated alkanes) is 4. The second-order valence-electron chi connectivity index (χ2n) is 5.45. The van der Waals surface area contributed by atoms with Crippen molar-refractivity contribution in [2.45, 2.75) is 71.0 Å². The lowest BCUT2D eigenvalue weighted by molar-refractivity contribution is 0.0274. The molecule has 0 radical (unpaired) electrons. The van der Waals surface area contributed by atoms with Gasteiger partial charge in [0.1, 0.15) is 0 Å². The van der Waals surface area contributed by atoms with Crippen LogP contribution in [0.15, 0.2) is 30.3 Å². The molecular formula is C18H29ClO. The molecule has 0 aliphatic heterocycles. The van der Waals surface area contributed by atoms with E-state index < -0.39 is 0 Å². The standard InChI is InChI=1S/C18H29ClO/c1-2-3-4-5-9-13-18(14-10-15-19)20-16-17-11-7-6-8-12-17/h6-8,11-12,18H,2-5,9-10,13-16H2,1H3. The maximum Gasteiger partial charge on any atom is 0.0720 e. The fourth-order valence-electron chi connectivity index (χ4n) is 2.38. The van der Waals surface area contributed by atoms with Gasteiger partial charge in [-0.15, -0.1) is 11.6 Å². The van der Waals surface area contributed by atoms with Gasteiger partial charge < -0.3 is 4.74 Å². The molecule has 0 bridgehead atoms. The van der Waals surface area contributed by atoms with Gasteiger partial charge in [-0.1, -0.05) is 69.4 Å². The van der Waals surface area contributed by atoms with Gasteiger partial charge in [0.25, 0.3) is 0 Å². The van der Waals surface area contributed by atoms with Gasteiger partial charge in [0.15, 0.2) is 0 Å². The lowest BCUT2D eigenvalue weighted by Crippen LogP contribution is -2.13. The Kier molecular flexibility index (Phi) is 10.7. The van der Waals surface area contributed by atoms with E-state index in [2.05, 4.69) is 31.2 Å². The van der Waals surface area contributed by atoms with Crippen LogP contribution in [-0.4, -0.2) is 12.0 Å². The zero-order valence-electron chi connectivity index (χ0n) is 12.8. The van der Waals surface area contributed by atoms with Crippen molar-refractivity contribution >= 4 is 11.6 Å². The largest absolute Gasteiger partial charge is 0.374 e. The van der Waals surface area contributed by atoms with Gasteiger partial charge in [-0.05, 0) is 24.8 Å². The van der Waals surface area contributed by atoms with Gasteiger partial charge in [-0.25, -0.2) is 0 Å². The molecule has 0 fully saturated rings. The average molecular weight is 297 g/mol. The molecule has 0 spiro atoms. The summed E-state index contributed by atoms with van der Waals surface area (Å²) in [5.41, 5.74) is 1.26. The molecule has 1 nitrogen and oxygen atoms in total. The third-order valence-electron chi connectivity index (χ3n) is 3.62. The van der Waals surface area contributed by atoms with Crippen LogP contribution in [0.4, 0.5) is 0 Å². The van der Waals surface area contributed by atoms with E-state index >= 15 is 0 Å². The Morgan fingerprint density at radius 2 is 1.65 bits per heavy atom. The molecule has 0 saturated carbocycles. The molecule has 0 heterocycles. The molecule has 0 aliphatic carbocycles. The van der Waals surface area contributed by atoms with Crippen molar-refractivity contribution in [2.24, 2.45) is 0 Å². The van der Waals surface area contributed by atoms with Crippen LogP contribution >= 0.6 is 11.6 Å². The van der Waals surface area contributed by atoms with E-state index in [1.807, 2.05) is 6.07 Å². The lowest BCUT2D eigenvalue weighted by Gasteiger charge is -2.17. The first-order chi connectivity index (χ1) is 9.86. The summed E-state index contributed by atoms with van der Waals surface area (Å²) in [7, 11) is 0. The molecule has 0 N–H and O–H groups in total. The van der Waals surface area contributed by atoms with Crippen molar-refractivity contribution in [2.75, 3.05) is 5.88 Å². The number of benzene rings is 1. The Balaban J connectivity index is 2.24. The lowest BCUT2D eigenvalue weighted by atomic mass is 10.0. The molecule has 0 aliphatic rings. The van der Waals surface area contributed by atoms with Crippen LogP contribution in [0, 0.1) is 0 Å². The van der Waals surface area contributed by atoms with Crippen LogP contribution in [0.25, 0.3) is 0 Å². The summed E-state index contributed by atoms with van der Waals surface area (Å²) < 4.78 is 6.08. The SMILES string of the molecule is CCCCCCCC(CCCCl)OCc1ccccc1. The number of rotatable bonds is 12. The maximum absolute atomic E-state index is 6.08. The van der Waals surface area contributed by atoms with Crippen LogP contribution in [0.2, 0.25) is 0 Å². The maximum atomic E-state index is 6.08. The molecule has 1 aromatic rings. The van der Waals surface area contributed by atoms with E-state index in [-0.39, 0.29) is 0 Å². The van der Waals surface area contributed by atoms with E-state index in [0.29, 0.717) is 6.10 Å². The van der Waals surface area contributed by atoms with Gasteiger partial charge in [-0.3, -0.25) is 0 Å². The second-order valence-corrected chi connectivity index (χ2v) is 5.83. The minimum atomic E-state index is 0.371. The van der Waals surface area contributed by atoms with Gasteiger partial charge in [-0.2, -0.15) is 0 Å². The Morgan fingerprint density at radius 1 is 0.950 bits per heavy atom. The number of hydrogen-bond acceptors (Lipinski definition) is 1. The Bertz CT molecular complexity index is 312. The molecule has 1 atom stereocenters. The van der Waals surface area contributed by atoms with E-state index in [1.165, 1.54) is 44.1 Å². The third-order valence-corrected chi connectivity index (χ3v) is 3.89. The molecular weight excluding hydrogens is 268 g/mol. The monoisotopic (exact) mass is 296 g/mol. The molecule has 0 amide bonds. The number of alkyl halides is 1. The van der Waals surface area contributed by atoms with Crippen LogP contribution in [0.1, 0.15) is 63.9 Å². The predicted octanol–water partition coefficient (Wildman–Crippen LogP) is 5.95. The summed E-state index contributed by atoms with van der Waals surface area (Å²) in [6, 6.07) is 10.4. The summed E-state index contributed by atoms with van der Waals surface area (Å²) >= 11 is 5.81. The van der Waals surface area contributed by atoms with Crippen molar-refractivity contribution in [3.8, 4) is 0 Å². The highest BCUT2D eigenvalue weighted by Gasteiger charge is 2.09. The first kappa shape index (κ1) is 17.5. The Labute approximate surface area is 129 Å². The molecule has 1 rings (SSSR count). The summed E-state index contributed by atoms with van der Waals surface area (Å²) in [6.45, 7) is 2.98. The van der Waals surface area contributed by atoms with E-state index in [0.717, 1.165) is 25.3 Å². The Hall–Kier alpha value is -0.530. The van der Waals surface area contributed by atoms with Crippen LogP contribution in [0.3, 0.4) is 0 Å². The number of halogens is 1. The topological polar surface area (TPSA) is 9.23 Å². The smallest absolute Gasteiger partial charge is 0.0720 e. The fourth-order valence-corrected chi connectivity index (χ4v) is 2.53. The zero-order chi connectivity index (χ0) is 14.5. The predicted molar refractivity (Wildman–Crippen MR) is 88.3 cm³/mol. The second kappa shape index (κ2) is 12.2. The normalized spacial score (nSPS) is 12.5. The highest BCUT2D eigenvalue weighted by atomic mass is 35.5. The van der Waals surface area contributed by atoms with Crippen LogP contribution < -0.4 is 0 Å². The van der Waals surface area contributed by atoms with Crippen LogP contribution in [-0.2, 0) is 11.3 Å². The van der Waals surface area contributed by atoms with Gasteiger partial charge in [0, 0.05) is 5.88 Å². The van der Waals surface area contributed by atoms with Gasteiger partial charge >= 0.3 is 0 Å². The zero-order valence-corrected chi connectivity index (χ0v) is 13.6. The fraction of sp³-hybridized carbons (Fsp3) is 0.667. The number of ether oxygens (including phenoxy) is 1. The van der Waals surface area contributed by atoms with Crippen molar-refractivity contribution < 1.29 is 4.74 Å². The molecule has 1 aromatic carbocycles. The van der Waals surface area contributed by atoms with Gasteiger partial charge in [0.2, 0.25) is 0 Å². The summed E-state index contributed by atoms with van der Waals surface area (Å²) in [4.78, 5) is 0. The van der Waals surface area contributed by atoms with Crippen LogP contribution in [0.5, 0.6) is 0 Å². The van der Waals surface area contributed by atoms with E-state index in [1.54, 1.807) is 0 Å². The molecule has 0 saturated heterocycles. The summed E-state index contributed by atoms with van der Waals surface area (Å²) in [6.07, 6.45) is 10.3. The van der Waals surface area contributed by atoms with Crippen molar-refractivity contribution in [3.63, 3.8) is 0 Å². The molecule has 0 aromatic heterocycles. The molecule has 1 unspecified atom stereocenters. The summed E-state index contributed by atoms with van der Waals surface area (Å²) in [5, 5.41) is 0. The minimum Gasteiger partial charge on any atom is -0.374 e. The molecule has 2 heteroatoms. The highest BCUT2D eigenvalue weighted by Crippen LogP contribution is 2.16. The first-order valence-electron chi connectivity index (χ1n) is 8.08. The average Bonchev–Trinajstić information content (AvgIpc) is 2.50.